The summed E-state index contributed by atoms with van der Waals surface area (Å²) in [7, 11) is 0. The number of carbonyl (C=O) groups excluding carboxylic acids is 1. The van der Waals surface area contributed by atoms with Gasteiger partial charge in [-0.3, -0.25) is 4.79 Å². The van der Waals surface area contributed by atoms with Crippen molar-refractivity contribution in [3.05, 3.63) is 35.9 Å². The molecule has 2 aliphatic heterocycles. The van der Waals surface area contributed by atoms with Gasteiger partial charge >= 0.3 is 0 Å². The predicted molar refractivity (Wildman–Crippen MR) is 87.7 cm³/mol. The van der Waals surface area contributed by atoms with Crippen molar-refractivity contribution in [2.75, 3.05) is 19.6 Å². The van der Waals surface area contributed by atoms with Gasteiger partial charge in [-0.1, -0.05) is 30.3 Å². The molecule has 0 spiro atoms. The molecule has 22 heavy (non-hydrogen) atoms. The summed E-state index contributed by atoms with van der Waals surface area (Å²) in [6.45, 7) is 3.09. The number of hydrogen-bond acceptors (Lipinski definition) is 2. The van der Waals surface area contributed by atoms with Crippen LogP contribution in [0.5, 0.6) is 0 Å². The first-order chi connectivity index (χ1) is 10.8. The van der Waals surface area contributed by atoms with Crippen LogP contribution in [0.25, 0.3) is 0 Å². The second-order valence-corrected chi connectivity index (χ2v) is 7.28. The molecule has 1 saturated carbocycles. The largest absolute Gasteiger partial charge is 0.342 e. The van der Waals surface area contributed by atoms with Crippen LogP contribution < -0.4 is 5.32 Å². The second kappa shape index (κ2) is 5.69. The van der Waals surface area contributed by atoms with Gasteiger partial charge in [0.15, 0.2) is 0 Å². The number of hydrogen-bond donors (Lipinski definition) is 1. The summed E-state index contributed by atoms with van der Waals surface area (Å²) in [6.07, 6.45) is 7.05. The van der Waals surface area contributed by atoms with E-state index in [1.165, 1.54) is 37.8 Å². The summed E-state index contributed by atoms with van der Waals surface area (Å²) in [5, 5.41) is 3.64. The highest BCUT2D eigenvalue weighted by atomic mass is 16.2. The van der Waals surface area contributed by atoms with Crippen LogP contribution in [0.15, 0.2) is 30.3 Å². The average Bonchev–Trinajstić information content (AvgIpc) is 3.22. The van der Waals surface area contributed by atoms with E-state index in [4.69, 9.17) is 0 Å². The van der Waals surface area contributed by atoms with E-state index >= 15 is 0 Å². The third-order valence-corrected chi connectivity index (χ3v) is 5.98. The average molecular weight is 298 g/mol. The molecule has 1 N–H and O–H groups in total. The highest BCUT2D eigenvalue weighted by molar-refractivity contribution is 5.91. The maximum absolute atomic E-state index is 13.0. The molecule has 0 bridgehead atoms. The molecular formula is C19H26N2O. The minimum Gasteiger partial charge on any atom is -0.342 e. The first-order valence-corrected chi connectivity index (χ1v) is 8.88. The highest BCUT2D eigenvalue weighted by Crippen LogP contribution is 2.50. The fourth-order valence-electron chi connectivity index (χ4n) is 4.43. The molecule has 118 valence electrons. The summed E-state index contributed by atoms with van der Waals surface area (Å²) >= 11 is 0. The molecule has 4 rings (SSSR count). The zero-order valence-corrected chi connectivity index (χ0v) is 13.3. The van der Waals surface area contributed by atoms with Gasteiger partial charge in [-0.15, -0.1) is 0 Å². The van der Waals surface area contributed by atoms with Crippen LogP contribution in [-0.2, 0) is 10.2 Å². The normalized spacial score (nSPS) is 27.8. The number of carbonyl (C=O) groups is 1. The van der Waals surface area contributed by atoms with Crippen molar-refractivity contribution in [2.24, 2.45) is 5.92 Å². The zero-order chi connectivity index (χ0) is 15.0. The molecule has 3 heteroatoms. The molecule has 1 amide bonds. The van der Waals surface area contributed by atoms with Crippen LogP contribution in [0.3, 0.4) is 0 Å². The van der Waals surface area contributed by atoms with Gasteiger partial charge in [-0.05, 0) is 56.6 Å². The standard InChI is InChI=1S/C19H26N2O/c22-18(19(10-11-19)16-5-2-1-3-6-16)21-13-8-15(9-14-21)17-7-4-12-20-17/h1-3,5-6,15,17,20H,4,7-14H2. The molecule has 2 saturated heterocycles. The van der Waals surface area contributed by atoms with Gasteiger partial charge < -0.3 is 10.2 Å². The Balaban J connectivity index is 1.40. The summed E-state index contributed by atoms with van der Waals surface area (Å²) in [5.41, 5.74) is 1.04. The predicted octanol–water partition coefficient (Wildman–Crippen LogP) is 2.71. The second-order valence-electron chi connectivity index (χ2n) is 7.28. The van der Waals surface area contributed by atoms with Crippen LogP contribution in [0.4, 0.5) is 0 Å². The molecule has 3 aliphatic rings. The van der Waals surface area contributed by atoms with Gasteiger partial charge in [-0.2, -0.15) is 0 Å². The van der Waals surface area contributed by atoms with Crippen LogP contribution >= 0.6 is 0 Å². The van der Waals surface area contributed by atoms with Crippen molar-refractivity contribution in [1.82, 2.24) is 10.2 Å². The van der Waals surface area contributed by atoms with E-state index in [1.54, 1.807) is 0 Å². The number of nitrogens with one attached hydrogen (secondary N) is 1. The fraction of sp³-hybridized carbons (Fsp3) is 0.632. The van der Waals surface area contributed by atoms with E-state index in [9.17, 15) is 4.79 Å². The summed E-state index contributed by atoms with van der Waals surface area (Å²) in [5.74, 6) is 1.16. The Morgan fingerprint density at radius 3 is 2.41 bits per heavy atom. The van der Waals surface area contributed by atoms with E-state index < -0.39 is 0 Å². The SMILES string of the molecule is O=C(N1CCC(C2CCCN2)CC1)C1(c2ccccc2)CC1. The van der Waals surface area contributed by atoms with E-state index in [2.05, 4.69) is 34.5 Å². The third-order valence-electron chi connectivity index (χ3n) is 5.98. The number of rotatable bonds is 3. The minimum atomic E-state index is -0.181. The van der Waals surface area contributed by atoms with Crippen molar-refractivity contribution in [2.45, 2.75) is 50.0 Å². The molecule has 3 fully saturated rings. The number of benzene rings is 1. The maximum atomic E-state index is 13.0. The molecule has 1 aromatic carbocycles. The molecule has 0 aromatic heterocycles. The summed E-state index contributed by atoms with van der Waals surface area (Å²) < 4.78 is 0. The van der Waals surface area contributed by atoms with Crippen LogP contribution in [0, 0.1) is 5.92 Å². The van der Waals surface area contributed by atoms with Crippen molar-refractivity contribution in [3.63, 3.8) is 0 Å². The molecule has 1 atom stereocenters. The van der Waals surface area contributed by atoms with E-state index in [0.29, 0.717) is 11.9 Å². The lowest BCUT2D eigenvalue weighted by Gasteiger charge is -2.36. The Kier molecular flexibility index (Phi) is 3.69. The van der Waals surface area contributed by atoms with Crippen molar-refractivity contribution in [3.8, 4) is 0 Å². The first-order valence-electron chi connectivity index (χ1n) is 8.88. The van der Waals surface area contributed by atoms with Crippen LogP contribution in [-0.4, -0.2) is 36.5 Å². The number of amides is 1. The van der Waals surface area contributed by atoms with Crippen molar-refractivity contribution >= 4 is 5.91 Å². The zero-order valence-electron chi connectivity index (χ0n) is 13.3. The molecule has 1 unspecified atom stereocenters. The number of likely N-dealkylation sites (tertiary alicyclic amines) is 1. The molecule has 1 aromatic rings. The Morgan fingerprint density at radius 1 is 1.09 bits per heavy atom. The summed E-state index contributed by atoms with van der Waals surface area (Å²) in [4.78, 5) is 15.2. The van der Waals surface area contributed by atoms with Gasteiger partial charge in [0.2, 0.25) is 5.91 Å². The van der Waals surface area contributed by atoms with Gasteiger partial charge in [0, 0.05) is 19.1 Å². The first kappa shape index (κ1) is 14.3. The molecule has 2 heterocycles. The molecule has 3 nitrogen and oxygen atoms in total. The molecule has 0 radical (unpaired) electrons. The minimum absolute atomic E-state index is 0.181. The number of piperidine rings is 1. The third kappa shape index (κ3) is 2.45. The van der Waals surface area contributed by atoms with E-state index in [-0.39, 0.29) is 5.41 Å². The van der Waals surface area contributed by atoms with Gasteiger partial charge in [-0.25, -0.2) is 0 Å². The van der Waals surface area contributed by atoms with Crippen LogP contribution in [0.2, 0.25) is 0 Å². The lowest BCUT2D eigenvalue weighted by molar-refractivity contribution is -0.135. The lowest BCUT2D eigenvalue weighted by Crippen LogP contribution is -2.46. The lowest BCUT2D eigenvalue weighted by atomic mass is 9.87. The van der Waals surface area contributed by atoms with Crippen LogP contribution in [0.1, 0.15) is 44.1 Å². The van der Waals surface area contributed by atoms with E-state index in [1.807, 2.05) is 6.07 Å². The highest BCUT2D eigenvalue weighted by Gasteiger charge is 2.53. The Hall–Kier alpha value is -1.35. The Labute approximate surface area is 133 Å². The summed E-state index contributed by atoms with van der Waals surface area (Å²) in [6, 6.07) is 11.1. The monoisotopic (exact) mass is 298 g/mol. The maximum Gasteiger partial charge on any atom is 0.233 e. The smallest absolute Gasteiger partial charge is 0.233 e. The fourth-order valence-corrected chi connectivity index (χ4v) is 4.43. The van der Waals surface area contributed by atoms with Gasteiger partial charge in [0.25, 0.3) is 0 Å². The Morgan fingerprint density at radius 2 is 1.82 bits per heavy atom. The van der Waals surface area contributed by atoms with E-state index in [0.717, 1.165) is 31.8 Å². The van der Waals surface area contributed by atoms with Gasteiger partial charge in [0.1, 0.15) is 0 Å². The van der Waals surface area contributed by atoms with Gasteiger partial charge in [0.05, 0.1) is 5.41 Å². The molecular weight excluding hydrogens is 272 g/mol. The van der Waals surface area contributed by atoms with Crippen molar-refractivity contribution < 1.29 is 4.79 Å². The quantitative estimate of drug-likeness (QED) is 0.930. The number of nitrogens with zero attached hydrogens (tertiary/aromatic N) is 1. The Bertz CT molecular complexity index is 524. The molecule has 1 aliphatic carbocycles. The topological polar surface area (TPSA) is 32.3 Å². The van der Waals surface area contributed by atoms with Crippen molar-refractivity contribution in [1.29, 1.82) is 0 Å².